The molecule has 24 heavy (non-hydrogen) atoms. The van der Waals surface area contributed by atoms with E-state index in [0.29, 0.717) is 6.04 Å². The Labute approximate surface area is 148 Å². The minimum atomic E-state index is 0.344. The zero-order valence-corrected chi connectivity index (χ0v) is 14.3. The van der Waals surface area contributed by atoms with Crippen LogP contribution in [0.5, 0.6) is 0 Å². The largest absolute Gasteiger partial charge is 0.321 e. The average Bonchev–Trinajstić information content (AvgIpc) is 2.64. The van der Waals surface area contributed by atoms with Gasteiger partial charge in [-0.2, -0.15) is 0 Å². The highest BCUT2D eigenvalue weighted by molar-refractivity contribution is 6.30. The van der Waals surface area contributed by atoms with Crippen LogP contribution in [0.15, 0.2) is 78.9 Å². The normalized spacial score (nSPS) is 18.0. The van der Waals surface area contributed by atoms with E-state index in [1.807, 2.05) is 12.1 Å². The Morgan fingerprint density at radius 1 is 0.708 bits per heavy atom. The van der Waals surface area contributed by atoms with Gasteiger partial charge >= 0.3 is 0 Å². The molecule has 0 saturated heterocycles. The molecule has 3 aromatic carbocycles. The molecule has 1 nitrogen and oxygen atoms in total. The van der Waals surface area contributed by atoms with Gasteiger partial charge in [0.15, 0.2) is 0 Å². The van der Waals surface area contributed by atoms with Crippen LogP contribution in [-0.2, 0) is 13.0 Å². The number of benzene rings is 3. The molecule has 0 aliphatic carbocycles. The van der Waals surface area contributed by atoms with E-state index < -0.39 is 0 Å². The molecule has 0 aromatic heterocycles. The van der Waals surface area contributed by atoms with Crippen LogP contribution in [0.25, 0.3) is 0 Å². The summed E-state index contributed by atoms with van der Waals surface area (Å²) in [6.07, 6.45) is 1.14. The summed E-state index contributed by atoms with van der Waals surface area (Å²) in [5.41, 5.74) is 5.69. The molecular formula is C22H21ClN+. The lowest BCUT2D eigenvalue weighted by Crippen LogP contribution is -3.12. The van der Waals surface area contributed by atoms with Crippen molar-refractivity contribution in [3.8, 4) is 0 Å². The maximum absolute atomic E-state index is 6.11. The van der Waals surface area contributed by atoms with E-state index in [1.54, 1.807) is 4.90 Å². The van der Waals surface area contributed by atoms with Crippen LogP contribution < -0.4 is 4.90 Å². The summed E-state index contributed by atoms with van der Waals surface area (Å²) in [4.78, 5) is 1.60. The highest BCUT2D eigenvalue weighted by Crippen LogP contribution is 2.23. The lowest BCUT2D eigenvalue weighted by molar-refractivity contribution is -0.941. The van der Waals surface area contributed by atoms with Gasteiger partial charge < -0.3 is 4.90 Å². The van der Waals surface area contributed by atoms with Gasteiger partial charge in [-0.25, -0.2) is 0 Å². The summed E-state index contributed by atoms with van der Waals surface area (Å²) < 4.78 is 0. The fraction of sp³-hybridized carbons (Fsp3) is 0.182. The van der Waals surface area contributed by atoms with E-state index in [0.717, 1.165) is 24.5 Å². The second-order valence-electron chi connectivity index (χ2n) is 6.50. The standard InChI is InChI=1S/C22H20ClN/c23-21-12-10-19(11-13-21)22(18-7-2-1-3-8-18)24-15-14-17-6-4-5-9-20(17)16-24/h1-13,22H,14-16H2/p+1/t22-/m0/s1. The van der Waals surface area contributed by atoms with Crippen molar-refractivity contribution in [2.75, 3.05) is 6.54 Å². The lowest BCUT2D eigenvalue weighted by Gasteiger charge is -2.33. The SMILES string of the molecule is Clc1ccc([C@H](c2ccccc2)[NH+]2CCc3ccccc3C2)cc1. The summed E-state index contributed by atoms with van der Waals surface area (Å²) in [6, 6.07) is 28.4. The highest BCUT2D eigenvalue weighted by atomic mass is 35.5. The Morgan fingerprint density at radius 3 is 2.08 bits per heavy atom. The number of nitrogens with one attached hydrogen (secondary N) is 1. The zero-order chi connectivity index (χ0) is 16.4. The molecule has 1 N–H and O–H groups in total. The third kappa shape index (κ3) is 3.10. The number of hydrogen-bond acceptors (Lipinski definition) is 0. The Bertz CT molecular complexity index is 811. The molecule has 4 rings (SSSR count). The monoisotopic (exact) mass is 334 g/mol. The third-order valence-electron chi connectivity index (χ3n) is 5.00. The maximum Gasteiger partial charge on any atom is 0.139 e. The molecule has 2 atom stereocenters. The van der Waals surface area contributed by atoms with Crippen LogP contribution in [0.1, 0.15) is 28.3 Å². The molecule has 0 fully saturated rings. The Kier molecular flexibility index (Phi) is 4.38. The minimum Gasteiger partial charge on any atom is -0.321 e. The molecule has 1 unspecified atom stereocenters. The quantitative estimate of drug-likeness (QED) is 0.736. The topological polar surface area (TPSA) is 4.44 Å². The van der Waals surface area contributed by atoms with Gasteiger partial charge in [-0.05, 0) is 17.7 Å². The van der Waals surface area contributed by atoms with Crippen molar-refractivity contribution >= 4 is 11.6 Å². The second-order valence-corrected chi connectivity index (χ2v) is 6.94. The lowest BCUT2D eigenvalue weighted by atomic mass is 9.92. The Balaban J connectivity index is 1.72. The molecule has 1 aliphatic heterocycles. The zero-order valence-electron chi connectivity index (χ0n) is 13.6. The van der Waals surface area contributed by atoms with E-state index in [2.05, 4.69) is 66.7 Å². The first-order chi connectivity index (χ1) is 11.8. The first kappa shape index (κ1) is 15.4. The van der Waals surface area contributed by atoms with E-state index in [-0.39, 0.29) is 0 Å². The van der Waals surface area contributed by atoms with Gasteiger partial charge in [-0.15, -0.1) is 0 Å². The molecule has 0 amide bonds. The predicted molar refractivity (Wildman–Crippen MR) is 99.4 cm³/mol. The molecule has 120 valence electrons. The predicted octanol–water partition coefficient (Wildman–Crippen LogP) is 4.07. The fourth-order valence-electron chi connectivity index (χ4n) is 3.81. The van der Waals surface area contributed by atoms with Crippen LogP contribution in [0.3, 0.4) is 0 Å². The summed E-state index contributed by atoms with van der Waals surface area (Å²) >= 11 is 6.11. The molecule has 0 bridgehead atoms. The first-order valence-electron chi connectivity index (χ1n) is 8.53. The van der Waals surface area contributed by atoms with E-state index in [4.69, 9.17) is 11.6 Å². The smallest absolute Gasteiger partial charge is 0.139 e. The second kappa shape index (κ2) is 6.80. The minimum absolute atomic E-state index is 0.344. The number of halogens is 1. The van der Waals surface area contributed by atoms with Gasteiger partial charge in [0.1, 0.15) is 12.6 Å². The highest BCUT2D eigenvalue weighted by Gasteiger charge is 2.29. The summed E-state index contributed by atoms with van der Waals surface area (Å²) in [6.45, 7) is 2.22. The molecule has 1 heterocycles. The van der Waals surface area contributed by atoms with Crippen molar-refractivity contribution in [1.82, 2.24) is 0 Å². The number of quaternary nitrogens is 1. The van der Waals surface area contributed by atoms with Gasteiger partial charge in [0, 0.05) is 28.1 Å². The van der Waals surface area contributed by atoms with Crippen molar-refractivity contribution in [3.63, 3.8) is 0 Å². The average molecular weight is 335 g/mol. The van der Waals surface area contributed by atoms with Crippen LogP contribution in [0, 0.1) is 0 Å². The van der Waals surface area contributed by atoms with Gasteiger partial charge in [0.25, 0.3) is 0 Å². The molecule has 1 aliphatic rings. The van der Waals surface area contributed by atoms with Crippen LogP contribution in [-0.4, -0.2) is 6.54 Å². The van der Waals surface area contributed by atoms with Crippen molar-refractivity contribution in [2.24, 2.45) is 0 Å². The number of hydrogen-bond donors (Lipinski definition) is 1. The van der Waals surface area contributed by atoms with E-state index in [9.17, 15) is 0 Å². The maximum atomic E-state index is 6.11. The van der Waals surface area contributed by atoms with E-state index in [1.165, 1.54) is 22.3 Å². The van der Waals surface area contributed by atoms with Crippen molar-refractivity contribution in [3.05, 3.63) is 106 Å². The molecule has 0 saturated carbocycles. The number of rotatable bonds is 3. The molecule has 0 radical (unpaired) electrons. The summed E-state index contributed by atoms with van der Waals surface area (Å²) in [5.74, 6) is 0. The van der Waals surface area contributed by atoms with Gasteiger partial charge in [0.05, 0.1) is 6.54 Å². The van der Waals surface area contributed by atoms with Gasteiger partial charge in [0.2, 0.25) is 0 Å². The molecule has 2 heteroatoms. The van der Waals surface area contributed by atoms with Crippen molar-refractivity contribution in [2.45, 2.75) is 19.0 Å². The van der Waals surface area contributed by atoms with E-state index >= 15 is 0 Å². The van der Waals surface area contributed by atoms with Crippen LogP contribution in [0.4, 0.5) is 0 Å². The van der Waals surface area contributed by atoms with Gasteiger partial charge in [-0.1, -0.05) is 78.3 Å². The molecule has 0 spiro atoms. The van der Waals surface area contributed by atoms with Crippen LogP contribution in [0.2, 0.25) is 5.02 Å². The Hall–Kier alpha value is -2.09. The first-order valence-corrected chi connectivity index (χ1v) is 8.91. The fourth-order valence-corrected chi connectivity index (χ4v) is 3.94. The van der Waals surface area contributed by atoms with Crippen LogP contribution >= 0.6 is 11.6 Å². The summed E-state index contributed by atoms with van der Waals surface area (Å²) in [7, 11) is 0. The number of fused-ring (bicyclic) bond motifs is 1. The summed E-state index contributed by atoms with van der Waals surface area (Å²) in [5, 5.41) is 0.796. The van der Waals surface area contributed by atoms with Crippen molar-refractivity contribution in [1.29, 1.82) is 0 Å². The third-order valence-corrected chi connectivity index (χ3v) is 5.25. The van der Waals surface area contributed by atoms with Crippen molar-refractivity contribution < 1.29 is 4.90 Å². The van der Waals surface area contributed by atoms with Gasteiger partial charge in [-0.3, -0.25) is 0 Å². The molecule has 3 aromatic rings. The Morgan fingerprint density at radius 2 is 1.33 bits per heavy atom. The molecular weight excluding hydrogens is 314 g/mol.